The van der Waals surface area contributed by atoms with Crippen molar-refractivity contribution in [3.63, 3.8) is 0 Å². The summed E-state index contributed by atoms with van der Waals surface area (Å²) in [5.41, 5.74) is 0.837. The normalized spacial score (nSPS) is 10.5. The third-order valence-corrected chi connectivity index (χ3v) is 5.35. The van der Waals surface area contributed by atoms with E-state index in [2.05, 4.69) is 16.0 Å². The van der Waals surface area contributed by atoms with Crippen LogP contribution in [-0.4, -0.2) is 33.0 Å². The number of carbonyl (C=O) groups is 3. The Labute approximate surface area is 210 Å². The first-order chi connectivity index (χ1) is 16.4. The number of phenolic OH excluding ortho intramolecular Hbond substituents is 3. The second-order valence-corrected chi connectivity index (χ2v) is 8.49. The molecule has 3 aromatic carbocycles. The molecule has 0 saturated carbocycles. The van der Waals surface area contributed by atoms with Crippen LogP contribution < -0.4 is 16.0 Å². The standard InChI is InChI=1S/C24H21Cl2N3O6/c1-10(30)27-13-4-16(18-6-14(28-11(2)31)8-20(25)23(18)34)22(33)17(5-13)19-7-15(29-12(3)32)9-21(26)24(19)35/h4-9,33-35H,1-3H3,(H,27,30)(H,28,31)(H,29,32). The largest absolute Gasteiger partial charge is 0.507 e. The Morgan fingerprint density at radius 2 is 0.800 bits per heavy atom. The summed E-state index contributed by atoms with van der Waals surface area (Å²) in [7, 11) is 0. The van der Waals surface area contributed by atoms with Crippen LogP contribution in [0.15, 0.2) is 36.4 Å². The molecule has 3 aromatic rings. The van der Waals surface area contributed by atoms with Gasteiger partial charge in [-0.1, -0.05) is 23.2 Å². The molecule has 0 spiro atoms. The number of carbonyl (C=O) groups excluding carboxylic acids is 3. The Bertz CT molecular complexity index is 1280. The molecule has 3 rings (SSSR count). The number of halogens is 2. The van der Waals surface area contributed by atoms with Crippen molar-refractivity contribution in [3.8, 4) is 39.5 Å². The van der Waals surface area contributed by atoms with Crippen LogP contribution in [0.25, 0.3) is 22.3 Å². The fourth-order valence-electron chi connectivity index (χ4n) is 3.48. The van der Waals surface area contributed by atoms with Crippen LogP contribution >= 0.6 is 23.2 Å². The van der Waals surface area contributed by atoms with Crippen LogP contribution in [-0.2, 0) is 14.4 Å². The van der Waals surface area contributed by atoms with Gasteiger partial charge in [-0.3, -0.25) is 14.4 Å². The van der Waals surface area contributed by atoms with Crippen LogP contribution in [0.5, 0.6) is 17.2 Å². The van der Waals surface area contributed by atoms with Crippen molar-refractivity contribution in [2.75, 3.05) is 16.0 Å². The van der Waals surface area contributed by atoms with E-state index in [1.54, 1.807) is 0 Å². The second kappa shape index (κ2) is 10.1. The van der Waals surface area contributed by atoms with Crippen molar-refractivity contribution < 1.29 is 29.7 Å². The van der Waals surface area contributed by atoms with Gasteiger partial charge in [0.1, 0.15) is 17.2 Å². The first-order valence-corrected chi connectivity index (χ1v) is 10.9. The maximum atomic E-state index is 11.8. The van der Waals surface area contributed by atoms with Gasteiger partial charge >= 0.3 is 0 Å². The molecule has 0 radical (unpaired) electrons. The summed E-state index contributed by atoms with van der Waals surface area (Å²) in [5.74, 6) is -2.38. The molecule has 0 aliphatic carbocycles. The fraction of sp³-hybridized carbons (Fsp3) is 0.125. The van der Waals surface area contributed by atoms with Crippen LogP contribution in [0.4, 0.5) is 17.1 Å². The topological polar surface area (TPSA) is 148 Å². The van der Waals surface area contributed by atoms with Crippen LogP contribution in [0.2, 0.25) is 10.0 Å². The van der Waals surface area contributed by atoms with Gasteiger partial charge in [-0.2, -0.15) is 0 Å². The molecule has 0 fully saturated rings. The third kappa shape index (κ3) is 5.76. The highest BCUT2D eigenvalue weighted by Gasteiger charge is 2.22. The van der Waals surface area contributed by atoms with Crippen molar-refractivity contribution in [2.45, 2.75) is 20.8 Å². The van der Waals surface area contributed by atoms with Crippen LogP contribution in [0.1, 0.15) is 20.8 Å². The Morgan fingerprint density at radius 1 is 0.543 bits per heavy atom. The average Bonchev–Trinajstić information content (AvgIpc) is 2.73. The van der Waals surface area contributed by atoms with E-state index >= 15 is 0 Å². The van der Waals surface area contributed by atoms with E-state index in [0.717, 1.165) is 0 Å². The van der Waals surface area contributed by atoms with Gasteiger partial charge in [0, 0.05) is 60.1 Å². The van der Waals surface area contributed by atoms with Crippen LogP contribution in [0.3, 0.4) is 0 Å². The Balaban J connectivity index is 2.35. The first kappa shape index (κ1) is 25.7. The van der Waals surface area contributed by atoms with Gasteiger partial charge in [0.15, 0.2) is 0 Å². The average molecular weight is 518 g/mol. The quantitative estimate of drug-likeness (QED) is 0.252. The highest BCUT2D eigenvalue weighted by Crippen LogP contribution is 2.49. The first-order valence-electron chi connectivity index (χ1n) is 10.1. The zero-order valence-corrected chi connectivity index (χ0v) is 20.3. The summed E-state index contributed by atoms with van der Waals surface area (Å²) in [4.78, 5) is 34.8. The van der Waals surface area contributed by atoms with Gasteiger partial charge in [0.05, 0.1) is 10.0 Å². The lowest BCUT2D eigenvalue weighted by atomic mass is 9.94. The minimum atomic E-state index is -0.420. The summed E-state index contributed by atoms with van der Waals surface area (Å²) in [6.45, 7) is 3.87. The monoisotopic (exact) mass is 517 g/mol. The maximum Gasteiger partial charge on any atom is 0.221 e. The summed E-state index contributed by atoms with van der Waals surface area (Å²) in [6.07, 6.45) is 0. The lowest BCUT2D eigenvalue weighted by Gasteiger charge is -2.18. The highest BCUT2D eigenvalue weighted by molar-refractivity contribution is 6.33. The minimum absolute atomic E-state index is 0.0262. The van der Waals surface area contributed by atoms with E-state index in [0.29, 0.717) is 0 Å². The molecule has 0 unspecified atom stereocenters. The molecule has 11 heteroatoms. The van der Waals surface area contributed by atoms with E-state index in [1.807, 2.05) is 0 Å². The molecule has 35 heavy (non-hydrogen) atoms. The highest BCUT2D eigenvalue weighted by atomic mass is 35.5. The lowest BCUT2D eigenvalue weighted by molar-refractivity contribution is -0.115. The summed E-state index contributed by atoms with van der Waals surface area (Å²) >= 11 is 12.3. The van der Waals surface area contributed by atoms with Gasteiger partial charge in [-0.15, -0.1) is 0 Å². The van der Waals surface area contributed by atoms with Gasteiger partial charge in [-0.25, -0.2) is 0 Å². The van der Waals surface area contributed by atoms with Crippen LogP contribution in [0, 0.1) is 0 Å². The van der Waals surface area contributed by atoms with E-state index in [-0.39, 0.29) is 61.2 Å². The van der Waals surface area contributed by atoms with Crippen molar-refractivity contribution in [1.29, 1.82) is 0 Å². The molecule has 6 N–H and O–H groups in total. The van der Waals surface area contributed by atoms with Gasteiger partial charge in [0.2, 0.25) is 17.7 Å². The zero-order chi connectivity index (χ0) is 26.0. The second-order valence-electron chi connectivity index (χ2n) is 7.67. The van der Waals surface area contributed by atoms with E-state index in [1.165, 1.54) is 57.2 Å². The SMILES string of the molecule is CC(=O)Nc1cc(Cl)c(O)c(-c2cc(NC(C)=O)cc(-c3cc(NC(C)=O)cc(Cl)c3O)c2O)c1. The molecular weight excluding hydrogens is 497 g/mol. The molecule has 0 aliphatic heterocycles. The maximum absolute atomic E-state index is 11.8. The Hall–Kier alpha value is -3.95. The Morgan fingerprint density at radius 3 is 1.09 bits per heavy atom. The van der Waals surface area contributed by atoms with E-state index in [4.69, 9.17) is 23.2 Å². The van der Waals surface area contributed by atoms with E-state index in [9.17, 15) is 29.7 Å². The molecule has 0 atom stereocenters. The molecule has 0 heterocycles. The number of aromatic hydroxyl groups is 3. The number of nitrogens with one attached hydrogen (secondary N) is 3. The van der Waals surface area contributed by atoms with Gasteiger partial charge in [0.25, 0.3) is 0 Å². The number of hydrogen-bond donors (Lipinski definition) is 6. The minimum Gasteiger partial charge on any atom is -0.507 e. The predicted molar refractivity (Wildman–Crippen MR) is 135 cm³/mol. The summed E-state index contributed by atoms with van der Waals surface area (Å²) < 4.78 is 0. The van der Waals surface area contributed by atoms with Crippen molar-refractivity contribution in [3.05, 3.63) is 46.4 Å². The molecule has 0 bridgehead atoms. The number of anilines is 3. The fourth-order valence-corrected chi connectivity index (χ4v) is 3.92. The molecule has 3 amide bonds. The van der Waals surface area contributed by atoms with Gasteiger partial charge < -0.3 is 31.3 Å². The molecule has 0 saturated heterocycles. The third-order valence-electron chi connectivity index (χ3n) is 4.78. The predicted octanol–water partition coefficient (Wildman–Crippen LogP) is 5.32. The lowest BCUT2D eigenvalue weighted by Crippen LogP contribution is -2.07. The number of hydrogen-bond acceptors (Lipinski definition) is 6. The Kier molecular flexibility index (Phi) is 7.42. The molecule has 0 aliphatic rings. The number of phenols is 3. The number of amides is 3. The molecule has 0 aromatic heterocycles. The van der Waals surface area contributed by atoms with Crippen molar-refractivity contribution >= 4 is 58.0 Å². The molecule has 182 valence electrons. The number of benzene rings is 3. The molecule has 9 nitrogen and oxygen atoms in total. The van der Waals surface area contributed by atoms with Crippen molar-refractivity contribution in [1.82, 2.24) is 0 Å². The smallest absolute Gasteiger partial charge is 0.221 e. The van der Waals surface area contributed by atoms with Crippen molar-refractivity contribution in [2.24, 2.45) is 0 Å². The summed E-state index contributed by atoms with van der Waals surface area (Å²) in [5, 5.41) is 40.0. The zero-order valence-electron chi connectivity index (χ0n) is 18.8. The number of rotatable bonds is 5. The van der Waals surface area contributed by atoms with Gasteiger partial charge in [-0.05, 0) is 36.4 Å². The van der Waals surface area contributed by atoms with E-state index < -0.39 is 23.2 Å². The molecular formula is C24H21Cl2N3O6. The summed E-state index contributed by atoms with van der Waals surface area (Å²) in [6, 6.07) is 8.22.